The molecule has 1 aromatic rings. The molecule has 0 aliphatic carbocycles. The van der Waals surface area contributed by atoms with E-state index in [9.17, 15) is 9.59 Å². The Morgan fingerprint density at radius 2 is 2.41 bits per heavy atom. The first kappa shape index (κ1) is 12.0. The highest BCUT2D eigenvalue weighted by molar-refractivity contribution is 7.07. The number of methoxy groups -OCH3 is 1. The van der Waals surface area contributed by atoms with Gasteiger partial charge < -0.3 is 9.64 Å². The molecule has 0 saturated carbocycles. The topological polar surface area (TPSA) is 59.5 Å². The van der Waals surface area contributed by atoms with Gasteiger partial charge >= 0.3 is 5.97 Å². The van der Waals surface area contributed by atoms with Crippen molar-refractivity contribution in [2.24, 2.45) is 5.92 Å². The van der Waals surface area contributed by atoms with Gasteiger partial charge in [-0.1, -0.05) is 0 Å². The number of hydrogen-bond acceptors (Lipinski definition) is 5. The van der Waals surface area contributed by atoms with E-state index in [1.165, 1.54) is 18.4 Å². The van der Waals surface area contributed by atoms with Crippen molar-refractivity contribution in [3.8, 4) is 0 Å². The molecule has 17 heavy (non-hydrogen) atoms. The molecule has 2 rings (SSSR count). The van der Waals surface area contributed by atoms with Gasteiger partial charge in [0.1, 0.15) is 5.69 Å². The number of rotatable bonds is 2. The number of nitrogens with zero attached hydrogens (tertiary/aromatic N) is 2. The first-order chi connectivity index (χ1) is 8.22. The van der Waals surface area contributed by atoms with Crippen LogP contribution >= 0.6 is 11.3 Å². The standard InChI is InChI=1S/C11H14N2O3S/c1-16-11(15)8-3-2-4-13(5-8)10(14)9-6-17-7-12-9/h6-8H,2-5H2,1H3/t8-/m0/s1. The molecule has 1 fully saturated rings. The van der Waals surface area contributed by atoms with E-state index in [1.807, 2.05) is 0 Å². The Balaban J connectivity index is 2.02. The van der Waals surface area contributed by atoms with E-state index < -0.39 is 0 Å². The zero-order chi connectivity index (χ0) is 12.3. The number of amides is 1. The van der Waals surface area contributed by atoms with Crippen molar-refractivity contribution in [1.82, 2.24) is 9.88 Å². The summed E-state index contributed by atoms with van der Waals surface area (Å²) >= 11 is 1.39. The highest BCUT2D eigenvalue weighted by Crippen LogP contribution is 2.19. The van der Waals surface area contributed by atoms with Gasteiger partial charge in [-0.05, 0) is 12.8 Å². The minimum absolute atomic E-state index is 0.0974. The smallest absolute Gasteiger partial charge is 0.310 e. The van der Waals surface area contributed by atoms with E-state index in [4.69, 9.17) is 4.74 Å². The Morgan fingerprint density at radius 3 is 3.06 bits per heavy atom. The summed E-state index contributed by atoms with van der Waals surface area (Å²) in [5, 5.41) is 1.73. The van der Waals surface area contributed by atoms with Crippen molar-refractivity contribution in [1.29, 1.82) is 0 Å². The minimum Gasteiger partial charge on any atom is -0.469 e. The summed E-state index contributed by atoms with van der Waals surface area (Å²) in [5.41, 5.74) is 2.09. The third kappa shape index (κ3) is 2.63. The maximum atomic E-state index is 12.0. The van der Waals surface area contributed by atoms with Crippen LogP contribution in [0.25, 0.3) is 0 Å². The first-order valence-corrected chi connectivity index (χ1v) is 6.42. The molecule has 1 amide bonds. The average Bonchev–Trinajstić information content (AvgIpc) is 2.91. The van der Waals surface area contributed by atoms with Gasteiger partial charge in [-0.3, -0.25) is 9.59 Å². The molecule has 1 aliphatic rings. The minimum atomic E-state index is -0.235. The van der Waals surface area contributed by atoms with Gasteiger partial charge in [-0.15, -0.1) is 11.3 Å². The Labute approximate surface area is 103 Å². The molecule has 5 nitrogen and oxygen atoms in total. The lowest BCUT2D eigenvalue weighted by Gasteiger charge is -2.30. The predicted octanol–water partition coefficient (Wildman–Crippen LogP) is 1.17. The summed E-state index contributed by atoms with van der Waals surface area (Å²) in [5.74, 6) is -0.531. The average molecular weight is 254 g/mol. The van der Waals surface area contributed by atoms with Gasteiger partial charge in [-0.25, -0.2) is 4.98 Å². The van der Waals surface area contributed by atoms with Crippen LogP contribution in [-0.2, 0) is 9.53 Å². The molecular formula is C11H14N2O3S. The van der Waals surface area contributed by atoms with Crippen LogP contribution in [-0.4, -0.2) is 42.0 Å². The maximum Gasteiger partial charge on any atom is 0.310 e. The fraction of sp³-hybridized carbons (Fsp3) is 0.545. The fourth-order valence-corrected chi connectivity index (χ4v) is 2.53. The number of carbonyl (C=O) groups excluding carboxylic acids is 2. The van der Waals surface area contributed by atoms with Crippen LogP contribution in [0.5, 0.6) is 0 Å². The number of esters is 1. The van der Waals surface area contributed by atoms with Crippen LogP contribution in [0.3, 0.4) is 0 Å². The lowest BCUT2D eigenvalue weighted by Crippen LogP contribution is -2.42. The largest absolute Gasteiger partial charge is 0.469 e. The van der Waals surface area contributed by atoms with Crippen molar-refractivity contribution in [3.63, 3.8) is 0 Å². The zero-order valence-electron chi connectivity index (χ0n) is 9.59. The molecule has 1 saturated heterocycles. The summed E-state index contributed by atoms with van der Waals surface area (Å²) in [7, 11) is 1.38. The van der Waals surface area contributed by atoms with E-state index in [0.717, 1.165) is 12.8 Å². The third-order valence-corrected chi connectivity index (χ3v) is 3.48. The molecular weight excluding hydrogens is 240 g/mol. The lowest BCUT2D eigenvalue weighted by molar-refractivity contribution is -0.146. The zero-order valence-corrected chi connectivity index (χ0v) is 10.4. The van der Waals surface area contributed by atoms with E-state index in [2.05, 4.69) is 4.98 Å². The summed E-state index contributed by atoms with van der Waals surface area (Å²) in [6, 6.07) is 0. The second kappa shape index (κ2) is 5.27. The lowest BCUT2D eigenvalue weighted by atomic mass is 9.98. The van der Waals surface area contributed by atoms with Gasteiger partial charge in [0.15, 0.2) is 0 Å². The predicted molar refractivity (Wildman–Crippen MR) is 62.8 cm³/mol. The third-order valence-electron chi connectivity index (χ3n) is 2.89. The molecule has 0 unspecified atom stereocenters. The quantitative estimate of drug-likeness (QED) is 0.743. The summed E-state index contributed by atoms with van der Waals surface area (Å²) in [4.78, 5) is 29.2. The van der Waals surface area contributed by atoms with E-state index in [1.54, 1.807) is 15.8 Å². The number of ether oxygens (including phenoxy) is 1. The van der Waals surface area contributed by atoms with Crippen LogP contribution in [0.1, 0.15) is 23.3 Å². The first-order valence-electron chi connectivity index (χ1n) is 5.47. The number of likely N-dealkylation sites (tertiary alicyclic amines) is 1. The molecule has 1 aromatic heterocycles. The number of thiazole rings is 1. The molecule has 0 N–H and O–H groups in total. The van der Waals surface area contributed by atoms with Crippen LogP contribution in [0.4, 0.5) is 0 Å². The molecule has 92 valence electrons. The van der Waals surface area contributed by atoms with Crippen LogP contribution in [0, 0.1) is 5.92 Å². The van der Waals surface area contributed by atoms with Gasteiger partial charge in [0, 0.05) is 18.5 Å². The van der Waals surface area contributed by atoms with Gasteiger partial charge in [0.2, 0.25) is 0 Å². The molecule has 0 aromatic carbocycles. The van der Waals surface area contributed by atoms with Crippen LogP contribution in [0.2, 0.25) is 0 Å². The second-order valence-corrected chi connectivity index (χ2v) is 4.71. The van der Waals surface area contributed by atoms with Crippen LogP contribution in [0.15, 0.2) is 10.9 Å². The number of aromatic nitrogens is 1. The second-order valence-electron chi connectivity index (χ2n) is 3.99. The normalized spacial score (nSPS) is 20.1. The van der Waals surface area contributed by atoms with E-state index in [-0.39, 0.29) is 17.8 Å². The molecule has 6 heteroatoms. The Morgan fingerprint density at radius 1 is 1.59 bits per heavy atom. The van der Waals surface area contributed by atoms with Crippen molar-refractivity contribution in [2.75, 3.05) is 20.2 Å². The fourth-order valence-electron chi connectivity index (χ4n) is 2.00. The maximum absolute atomic E-state index is 12.0. The molecule has 0 radical (unpaired) electrons. The molecule has 1 atom stereocenters. The van der Waals surface area contributed by atoms with Gasteiger partial charge in [-0.2, -0.15) is 0 Å². The Hall–Kier alpha value is -1.43. The highest BCUT2D eigenvalue weighted by Gasteiger charge is 2.29. The molecule has 2 heterocycles. The summed E-state index contributed by atoms with van der Waals surface area (Å²) in [6.07, 6.45) is 1.61. The summed E-state index contributed by atoms with van der Waals surface area (Å²) < 4.78 is 4.72. The monoisotopic (exact) mass is 254 g/mol. The molecule has 1 aliphatic heterocycles. The van der Waals surface area contributed by atoms with Gasteiger partial charge in [0.05, 0.1) is 18.5 Å². The number of hydrogen-bond donors (Lipinski definition) is 0. The highest BCUT2D eigenvalue weighted by atomic mass is 32.1. The van der Waals surface area contributed by atoms with Crippen molar-refractivity contribution in [3.05, 3.63) is 16.6 Å². The Kier molecular flexibility index (Phi) is 3.73. The van der Waals surface area contributed by atoms with E-state index in [0.29, 0.717) is 18.8 Å². The van der Waals surface area contributed by atoms with Crippen molar-refractivity contribution in [2.45, 2.75) is 12.8 Å². The van der Waals surface area contributed by atoms with Crippen LogP contribution < -0.4 is 0 Å². The Bertz CT molecular complexity index is 405. The van der Waals surface area contributed by atoms with Gasteiger partial charge in [0.25, 0.3) is 5.91 Å². The van der Waals surface area contributed by atoms with E-state index >= 15 is 0 Å². The molecule has 0 bridgehead atoms. The summed E-state index contributed by atoms with van der Waals surface area (Å²) in [6.45, 7) is 1.12. The van der Waals surface area contributed by atoms with Crippen molar-refractivity contribution >= 4 is 23.2 Å². The SMILES string of the molecule is COC(=O)[C@H]1CCCN(C(=O)c2cscn2)C1. The van der Waals surface area contributed by atoms with Crippen molar-refractivity contribution < 1.29 is 14.3 Å². The number of carbonyl (C=O) groups is 2. The molecule has 0 spiro atoms. The number of piperidine rings is 1.